The van der Waals surface area contributed by atoms with E-state index in [1.165, 1.54) is 0 Å². The van der Waals surface area contributed by atoms with Crippen LogP contribution in [0, 0.1) is 0 Å². The lowest BCUT2D eigenvalue weighted by atomic mass is 9.81. The molecule has 2 bridgehead atoms. The van der Waals surface area contributed by atoms with Gasteiger partial charge in [0.2, 0.25) is 13.6 Å². The van der Waals surface area contributed by atoms with Gasteiger partial charge in [0.25, 0.3) is 0 Å². The summed E-state index contributed by atoms with van der Waals surface area (Å²) in [6, 6.07) is 7.83. The summed E-state index contributed by atoms with van der Waals surface area (Å²) in [6.07, 6.45) is -0.317. The summed E-state index contributed by atoms with van der Waals surface area (Å²) in [5, 5.41) is 11.5. The van der Waals surface area contributed by atoms with Crippen molar-refractivity contribution in [1.29, 1.82) is 0 Å². The molecule has 1 spiro atoms. The molecule has 4 atom stereocenters. The van der Waals surface area contributed by atoms with Gasteiger partial charge in [-0.3, -0.25) is 4.90 Å². The highest BCUT2D eigenvalue weighted by Crippen LogP contribution is 2.65. The molecular formula is C20H17NO6. The van der Waals surface area contributed by atoms with Gasteiger partial charge >= 0.3 is 0 Å². The maximum absolute atomic E-state index is 11.5. The number of likely N-dealkylation sites (N-methyl/N-ethyl adjacent to an activating group) is 1. The Morgan fingerprint density at radius 2 is 1.81 bits per heavy atom. The molecule has 4 aliphatic heterocycles. The molecule has 138 valence electrons. The largest absolute Gasteiger partial charge is 0.454 e. The second-order valence-electron chi connectivity index (χ2n) is 7.72. The van der Waals surface area contributed by atoms with Crippen molar-refractivity contribution in [2.24, 2.45) is 0 Å². The summed E-state index contributed by atoms with van der Waals surface area (Å²) in [6.45, 7) is 0.423. The molecule has 7 heteroatoms. The molecule has 0 saturated carbocycles. The van der Waals surface area contributed by atoms with Crippen LogP contribution >= 0.6 is 0 Å². The van der Waals surface area contributed by atoms with Crippen molar-refractivity contribution < 1.29 is 28.8 Å². The third-order valence-corrected chi connectivity index (χ3v) is 6.65. The van der Waals surface area contributed by atoms with Crippen LogP contribution in [0.5, 0.6) is 23.0 Å². The Balaban J connectivity index is 1.48. The maximum Gasteiger partial charge on any atom is 0.231 e. The summed E-state index contributed by atoms with van der Waals surface area (Å²) in [4.78, 5) is 2.20. The van der Waals surface area contributed by atoms with Gasteiger partial charge < -0.3 is 28.8 Å². The fraction of sp³-hybridized carbons (Fsp3) is 0.400. The number of rotatable bonds is 0. The zero-order valence-corrected chi connectivity index (χ0v) is 14.6. The molecule has 7 nitrogen and oxygen atoms in total. The van der Waals surface area contributed by atoms with Crippen LogP contribution in [0.3, 0.4) is 0 Å². The zero-order chi connectivity index (χ0) is 17.9. The quantitative estimate of drug-likeness (QED) is 0.763. The van der Waals surface area contributed by atoms with Crippen LogP contribution in [0.1, 0.15) is 34.6 Å². The Hall–Kier alpha value is -2.48. The average Bonchev–Trinajstić information content (AvgIpc) is 3.42. The van der Waals surface area contributed by atoms with E-state index in [1.807, 2.05) is 31.3 Å². The van der Waals surface area contributed by atoms with Crippen LogP contribution < -0.4 is 18.9 Å². The minimum Gasteiger partial charge on any atom is -0.454 e. The Morgan fingerprint density at radius 1 is 1.04 bits per heavy atom. The third-order valence-electron chi connectivity index (χ3n) is 6.65. The van der Waals surface area contributed by atoms with Crippen molar-refractivity contribution in [2.45, 2.75) is 30.4 Å². The van der Waals surface area contributed by atoms with Gasteiger partial charge in [0.05, 0.1) is 6.04 Å². The first-order valence-corrected chi connectivity index (χ1v) is 9.11. The van der Waals surface area contributed by atoms with Crippen molar-refractivity contribution in [2.75, 3.05) is 20.6 Å². The molecule has 1 N–H and O–H groups in total. The van der Waals surface area contributed by atoms with E-state index in [0.717, 1.165) is 34.4 Å². The summed E-state index contributed by atoms with van der Waals surface area (Å²) < 4.78 is 29.0. The smallest absolute Gasteiger partial charge is 0.231 e. The lowest BCUT2D eigenvalue weighted by Gasteiger charge is -2.39. The van der Waals surface area contributed by atoms with E-state index in [4.69, 9.17) is 23.7 Å². The number of nitrogens with zero attached hydrogens (tertiary/aromatic N) is 1. The number of hydrogen-bond acceptors (Lipinski definition) is 7. The van der Waals surface area contributed by atoms with Gasteiger partial charge in [0.1, 0.15) is 17.9 Å². The third kappa shape index (κ3) is 1.49. The number of aliphatic hydroxyl groups is 1. The van der Waals surface area contributed by atoms with Crippen LogP contribution in [-0.2, 0) is 16.8 Å². The van der Waals surface area contributed by atoms with Crippen LogP contribution in [-0.4, -0.2) is 36.7 Å². The van der Waals surface area contributed by atoms with E-state index < -0.39 is 11.7 Å². The molecule has 1 fully saturated rings. The lowest BCUT2D eigenvalue weighted by Crippen LogP contribution is -2.43. The number of ether oxygens (including phenoxy) is 5. The molecule has 7 rings (SSSR count). The number of fused-ring (bicyclic) bond motifs is 7. The SMILES string of the molecule is CN1C2OC3(c4cc5c(cc4CC13)OCO5)C(O)c1ccc3c(c12)OCO3. The van der Waals surface area contributed by atoms with Crippen molar-refractivity contribution >= 4 is 0 Å². The fourth-order valence-corrected chi connectivity index (χ4v) is 5.47. The first-order valence-electron chi connectivity index (χ1n) is 9.11. The van der Waals surface area contributed by atoms with Crippen molar-refractivity contribution in [3.8, 4) is 23.0 Å². The second-order valence-corrected chi connectivity index (χ2v) is 7.72. The van der Waals surface area contributed by atoms with E-state index in [0.29, 0.717) is 17.2 Å². The molecular weight excluding hydrogens is 350 g/mol. The highest BCUT2D eigenvalue weighted by molar-refractivity contribution is 5.60. The number of hydrogen-bond donors (Lipinski definition) is 1. The van der Waals surface area contributed by atoms with Gasteiger partial charge in [-0.15, -0.1) is 0 Å². The zero-order valence-electron chi connectivity index (χ0n) is 14.6. The Bertz CT molecular complexity index is 1020. The van der Waals surface area contributed by atoms with Crippen molar-refractivity contribution in [3.63, 3.8) is 0 Å². The van der Waals surface area contributed by atoms with Crippen LogP contribution in [0.15, 0.2) is 24.3 Å². The minimum absolute atomic E-state index is 0.0143. The first-order chi connectivity index (χ1) is 13.2. The fourth-order valence-electron chi connectivity index (χ4n) is 5.47. The summed E-state index contributed by atoms with van der Waals surface area (Å²) >= 11 is 0. The molecule has 0 amide bonds. The number of aliphatic hydroxyl groups excluding tert-OH is 1. The normalized spacial score (nSPS) is 33.8. The molecule has 1 aliphatic carbocycles. The minimum atomic E-state index is -0.823. The van der Waals surface area contributed by atoms with Crippen molar-refractivity contribution in [1.82, 2.24) is 4.90 Å². The average molecular weight is 367 g/mol. The monoisotopic (exact) mass is 367 g/mol. The molecule has 2 aromatic carbocycles. The standard InChI is InChI=1S/C20H17NO6/c1-21-15-5-9-4-13-14(25-7-24-13)6-11(9)20(15)18(22)10-2-3-12-17(26-8-23-12)16(10)19(21)27-20/h2-4,6,15,18-19,22H,5,7-8H2,1H3. The van der Waals surface area contributed by atoms with Gasteiger partial charge in [0, 0.05) is 5.56 Å². The van der Waals surface area contributed by atoms with Gasteiger partial charge in [0.15, 0.2) is 23.0 Å². The molecule has 4 unspecified atom stereocenters. The van der Waals surface area contributed by atoms with Crippen molar-refractivity contribution in [3.05, 3.63) is 46.5 Å². The van der Waals surface area contributed by atoms with Gasteiger partial charge in [-0.25, -0.2) is 0 Å². The highest BCUT2D eigenvalue weighted by Gasteiger charge is 2.66. The van der Waals surface area contributed by atoms with Gasteiger partial charge in [-0.05, 0) is 48.4 Å². The highest BCUT2D eigenvalue weighted by atomic mass is 16.7. The summed E-state index contributed by atoms with van der Waals surface area (Å²) in [5.41, 5.74) is 3.02. The number of benzene rings is 2. The predicted octanol–water partition coefficient (Wildman–Crippen LogP) is 1.97. The maximum atomic E-state index is 11.5. The summed E-state index contributed by atoms with van der Waals surface area (Å²) in [5.74, 6) is 2.86. The Kier molecular flexibility index (Phi) is 2.42. The van der Waals surface area contributed by atoms with E-state index in [1.54, 1.807) is 0 Å². The van der Waals surface area contributed by atoms with Crippen LogP contribution in [0.25, 0.3) is 0 Å². The van der Waals surface area contributed by atoms with Gasteiger partial charge in [-0.2, -0.15) is 0 Å². The van der Waals surface area contributed by atoms with Crippen LogP contribution in [0.2, 0.25) is 0 Å². The Labute approximate surface area is 155 Å². The predicted molar refractivity (Wildman–Crippen MR) is 90.8 cm³/mol. The molecule has 5 aliphatic rings. The molecule has 4 heterocycles. The van der Waals surface area contributed by atoms with Crippen LogP contribution in [0.4, 0.5) is 0 Å². The molecule has 2 aromatic rings. The molecule has 0 radical (unpaired) electrons. The second kappa shape index (κ2) is 4.49. The molecule has 27 heavy (non-hydrogen) atoms. The Morgan fingerprint density at radius 3 is 2.70 bits per heavy atom. The first kappa shape index (κ1) is 14.6. The van der Waals surface area contributed by atoms with E-state index in [2.05, 4.69) is 4.90 Å². The summed E-state index contributed by atoms with van der Waals surface area (Å²) in [7, 11) is 2.04. The topological polar surface area (TPSA) is 69.6 Å². The lowest BCUT2D eigenvalue weighted by molar-refractivity contribution is -0.146. The van der Waals surface area contributed by atoms with E-state index in [9.17, 15) is 5.11 Å². The van der Waals surface area contributed by atoms with E-state index in [-0.39, 0.29) is 25.9 Å². The van der Waals surface area contributed by atoms with Gasteiger partial charge in [-0.1, -0.05) is 6.07 Å². The molecule has 0 aromatic heterocycles. The molecule has 1 saturated heterocycles. The van der Waals surface area contributed by atoms with E-state index >= 15 is 0 Å².